The van der Waals surface area contributed by atoms with Crippen molar-refractivity contribution in [3.63, 3.8) is 0 Å². The highest BCUT2D eigenvalue weighted by Crippen LogP contribution is 2.76. The van der Waals surface area contributed by atoms with Crippen LogP contribution in [0.5, 0.6) is 46.0 Å². The van der Waals surface area contributed by atoms with Gasteiger partial charge in [-0.05, 0) is 492 Å². The second kappa shape index (κ2) is 36.7. The largest absolute Gasteiger partial charge is 0.508 e. The van der Waals surface area contributed by atoms with Crippen molar-refractivity contribution >= 4 is 0 Å². The third-order valence-electron chi connectivity index (χ3n) is 50.2. The van der Waals surface area contributed by atoms with E-state index in [0.717, 1.165) is 96.7 Å². The third-order valence-corrected chi connectivity index (χ3v) is 50.2. The van der Waals surface area contributed by atoms with E-state index >= 15 is 0 Å². The Labute approximate surface area is 821 Å². The van der Waals surface area contributed by atoms with Crippen LogP contribution in [0.15, 0.2) is 48.5 Å². The van der Waals surface area contributed by atoms with Gasteiger partial charge in [0.15, 0.2) is 0 Å². The standard InChI is InChI=1S/C124H184O12/c1-69(97-33-37-101-85-29-21-73-57-77(133-13)41-49-117(73,5)105(85)45-53-121(97,101)9)17-25-81-89-61-91(111(127)65-109(89)125)82(26-18-70(2)98-34-38-102-86-30-22-74-58-78(134-14)42-50-118(74,6)106(86)46-54-122(98,102)10)93-63-95(115(131)67-113(93)129)84(28-20-72(4)100-36-40-104-88-32-24-76-60-80(136-16)44-52-120(76,8)108(88)48-56-124(100,104)12)96-64-94(114(130)68-116(96)132)83(92-62-90(81)110(126)66-112(92)128)27-19-71(3)99-35-39-103-87-31-23-75-59-79(135-15)43-51-119(75,7)107(87)47-55-123(99,103)11/h61-88,97-108,125-132H,17-60H2,1-16H3/t69-,70-,71-,72-,73-,74-,75-,76-,77-,78-,79-,80-,81?,82?,83?,84?,85+,86+,87+,88+,97-,98-,99-,100-,101+,102+,103+,104+,105+,106+,107+,108+,117+,118+,119+,120+,121-,122-,123-,124-/m1/s1. The molecular formula is C124H184O12. The van der Waals surface area contributed by atoms with Crippen LogP contribution in [0.4, 0.5) is 0 Å². The Bertz CT molecular complexity index is 4270. The molecule has 16 saturated carbocycles. The minimum absolute atomic E-state index is 0.0535. The van der Waals surface area contributed by atoms with Gasteiger partial charge in [0.05, 0.1) is 24.4 Å². The Hall–Kier alpha value is -4.88. The summed E-state index contributed by atoms with van der Waals surface area (Å²) in [6.07, 6.45) is 51.9. The van der Waals surface area contributed by atoms with Gasteiger partial charge < -0.3 is 59.8 Å². The molecule has 0 spiro atoms. The molecule has 0 aliphatic heterocycles. The Kier molecular flexibility index (Phi) is 26.2. The van der Waals surface area contributed by atoms with Crippen molar-refractivity contribution in [3.8, 4) is 46.0 Å². The van der Waals surface area contributed by atoms with Gasteiger partial charge >= 0.3 is 0 Å². The molecule has 36 atom stereocenters. The Morgan fingerprint density at radius 3 is 0.588 bits per heavy atom. The molecular weight excluding hydrogens is 1680 g/mol. The van der Waals surface area contributed by atoms with E-state index in [1.54, 1.807) is 24.3 Å². The van der Waals surface area contributed by atoms with Crippen molar-refractivity contribution in [1.29, 1.82) is 0 Å². The van der Waals surface area contributed by atoms with Crippen molar-refractivity contribution in [1.82, 2.24) is 0 Å². The van der Waals surface area contributed by atoms with Gasteiger partial charge in [0.2, 0.25) is 0 Å². The summed E-state index contributed by atoms with van der Waals surface area (Å²) < 4.78 is 24.3. The van der Waals surface area contributed by atoms with Crippen molar-refractivity contribution in [2.75, 3.05) is 28.4 Å². The zero-order chi connectivity index (χ0) is 95.3. The lowest BCUT2D eigenvalue weighted by molar-refractivity contribution is -0.133. The number of phenols is 8. The number of rotatable bonds is 20. The van der Waals surface area contributed by atoms with Crippen LogP contribution in [0.3, 0.4) is 0 Å². The highest BCUT2D eigenvalue weighted by Gasteiger charge is 2.67. The first-order valence-electron chi connectivity index (χ1n) is 57.4. The van der Waals surface area contributed by atoms with Crippen molar-refractivity contribution < 1.29 is 59.8 Å². The lowest BCUT2D eigenvalue weighted by atomic mass is 9.44. The fourth-order valence-electron chi connectivity index (χ4n) is 42.7. The zero-order valence-corrected chi connectivity index (χ0v) is 87.4. The molecule has 0 amide bonds. The topological polar surface area (TPSA) is 199 Å². The molecule has 0 radical (unpaired) electrons. The van der Waals surface area contributed by atoms with E-state index in [1.807, 2.05) is 28.4 Å². The maximum Gasteiger partial charge on any atom is 0.123 e. The Morgan fingerprint density at radius 1 is 0.228 bits per heavy atom. The molecule has 0 unspecified atom stereocenters. The highest BCUT2D eigenvalue weighted by molar-refractivity contribution is 5.62. The molecule has 8 N–H and O–H groups in total. The van der Waals surface area contributed by atoms with Gasteiger partial charge in [-0.25, -0.2) is 0 Å². The number of hydrogen-bond acceptors (Lipinski definition) is 12. The number of benzene rings is 4. The smallest absolute Gasteiger partial charge is 0.123 e. The van der Waals surface area contributed by atoms with E-state index in [1.165, 1.54) is 231 Å². The summed E-state index contributed by atoms with van der Waals surface area (Å²) in [6.45, 7) is 31.5. The summed E-state index contributed by atoms with van der Waals surface area (Å²) in [5, 5.41) is 107. The van der Waals surface area contributed by atoms with Crippen molar-refractivity contribution in [3.05, 3.63) is 93.0 Å². The number of ether oxygens (including phenoxy) is 4. The summed E-state index contributed by atoms with van der Waals surface area (Å²) in [5.41, 5.74) is 6.92. The molecule has 136 heavy (non-hydrogen) atoms. The second-order valence-electron chi connectivity index (χ2n) is 54.4. The fourth-order valence-corrected chi connectivity index (χ4v) is 42.7. The molecule has 8 bridgehead atoms. The van der Waals surface area contributed by atoms with Gasteiger partial charge in [-0.15, -0.1) is 0 Å². The summed E-state index contributed by atoms with van der Waals surface area (Å²) in [7, 11) is 7.70. The van der Waals surface area contributed by atoms with E-state index in [4.69, 9.17) is 18.9 Å². The number of hydrogen-bond donors (Lipinski definition) is 8. The molecule has 0 aromatic heterocycles. The van der Waals surface area contributed by atoms with E-state index < -0.39 is 23.7 Å². The summed E-state index contributed by atoms with van der Waals surface area (Å²) >= 11 is 0. The summed E-state index contributed by atoms with van der Waals surface area (Å²) in [5.74, 6) is 11.5. The van der Waals surface area contributed by atoms with Crippen LogP contribution < -0.4 is 0 Å². The number of fused-ring (bicyclic) bond motifs is 28. The van der Waals surface area contributed by atoms with Gasteiger partial charge in [0.25, 0.3) is 0 Å². The molecule has 21 rings (SSSR count). The molecule has 17 aliphatic rings. The molecule has 4 aromatic rings. The van der Waals surface area contributed by atoms with Crippen LogP contribution >= 0.6 is 0 Å². The number of phenolic OH excluding ortho intramolecular Hbond substituents is 8. The third kappa shape index (κ3) is 15.7. The van der Waals surface area contributed by atoms with E-state index in [0.29, 0.717) is 187 Å². The predicted molar refractivity (Wildman–Crippen MR) is 544 cm³/mol. The van der Waals surface area contributed by atoms with Crippen molar-refractivity contribution in [2.45, 2.75) is 414 Å². The molecule has 0 saturated heterocycles. The van der Waals surface area contributed by atoms with Gasteiger partial charge in [0, 0.05) is 121 Å². The van der Waals surface area contributed by atoms with Gasteiger partial charge in [-0.1, -0.05) is 83.1 Å². The van der Waals surface area contributed by atoms with Gasteiger partial charge in [-0.3, -0.25) is 0 Å². The minimum atomic E-state index is -0.631. The normalized spacial score (nSPS) is 45.6. The first-order chi connectivity index (χ1) is 65.0. The number of aromatic hydroxyl groups is 8. The van der Waals surface area contributed by atoms with E-state index in [9.17, 15) is 40.9 Å². The SMILES string of the molecule is CO[C@@H]1CC[C@@]2(C)[C@H](CC[C@@H]3[C@@H]2CC[C@]2(C)[C@@H]([C@H](C)CCC4c5cc(c(O)cc5O)C(CC[C@@H](C)[C@H]5CC[C@H]6[C@@H]7CC[C@@H]8C[C@H](OC)CC[C@]8(C)[C@H]7CC[C@]56C)c5cc(c(O)cc5O)C(CC[C@@H](C)[C@H]5CC[C@H]6[C@@H]7CC[C@@H]8C[C@H](OC)CC[C@]8(C)[C@H]7CC[C@]56C)c5cc(c(O)cc5O)C(CC[C@@H](C)[C@H]5CC[C@H]6[C@@H]7CC[C@@H]8C[C@H](OC)CC[C@]8(C)[C@H]7CC[C@]56C)c5cc4c(O)cc5O)CC[C@@H]32)C1. The summed E-state index contributed by atoms with van der Waals surface area (Å²) in [4.78, 5) is 0. The highest BCUT2D eigenvalue weighted by atomic mass is 16.5. The lowest BCUT2D eigenvalue weighted by Crippen LogP contribution is -2.54. The molecule has 12 nitrogen and oxygen atoms in total. The van der Waals surface area contributed by atoms with Crippen molar-refractivity contribution in [2.24, 2.45) is 185 Å². The summed E-state index contributed by atoms with van der Waals surface area (Å²) in [6, 6.07) is 14.5. The Morgan fingerprint density at radius 2 is 0.404 bits per heavy atom. The first kappa shape index (κ1) is 97.2. The van der Waals surface area contributed by atoms with Crippen LogP contribution in [0.25, 0.3) is 0 Å². The van der Waals surface area contributed by atoms with E-state index in [-0.39, 0.29) is 67.7 Å². The first-order valence-corrected chi connectivity index (χ1v) is 57.4. The average molecular weight is 1870 g/mol. The van der Waals surface area contributed by atoms with Gasteiger partial charge in [-0.2, -0.15) is 0 Å². The van der Waals surface area contributed by atoms with Crippen LogP contribution in [-0.4, -0.2) is 93.7 Å². The molecule has 17 aliphatic carbocycles. The monoisotopic (exact) mass is 1870 g/mol. The molecule has 12 heteroatoms. The zero-order valence-electron chi connectivity index (χ0n) is 87.4. The van der Waals surface area contributed by atoms with E-state index in [2.05, 4.69) is 107 Å². The fraction of sp³-hybridized carbons (Fsp3) is 0.806. The maximum absolute atomic E-state index is 13.4. The van der Waals surface area contributed by atoms with Crippen LogP contribution in [0, 0.1) is 185 Å². The Balaban J connectivity index is 0.661. The molecule has 752 valence electrons. The molecule has 16 fully saturated rings. The minimum Gasteiger partial charge on any atom is -0.508 e. The number of methoxy groups -OCH3 is 4. The van der Waals surface area contributed by atoms with Gasteiger partial charge in [0.1, 0.15) is 46.0 Å². The van der Waals surface area contributed by atoms with Crippen LogP contribution in [-0.2, 0) is 18.9 Å². The molecule has 4 aromatic carbocycles. The molecule has 0 heterocycles. The second-order valence-corrected chi connectivity index (χ2v) is 54.4. The van der Waals surface area contributed by atoms with Crippen LogP contribution in [0.2, 0.25) is 0 Å². The lowest BCUT2D eigenvalue weighted by Gasteiger charge is -2.61. The quantitative estimate of drug-likeness (QED) is 0.0417. The van der Waals surface area contributed by atoms with Crippen LogP contribution in [0.1, 0.15) is 434 Å². The predicted octanol–water partition coefficient (Wildman–Crippen LogP) is 30.5. The average Bonchev–Trinajstić information content (AvgIpc) is 1.47. The maximum atomic E-state index is 13.4.